The fraction of sp³-hybridized carbons (Fsp3) is 0.200. The van der Waals surface area contributed by atoms with Crippen LogP contribution in [-0.4, -0.2) is 4.92 Å². The molecule has 21 heavy (non-hydrogen) atoms. The zero-order valence-corrected chi connectivity index (χ0v) is 11.6. The molecule has 0 fully saturated rings. The lowest BCUT2D eigenvalue weighted by Gasteiger charge is -2.09. The van der Waals surface area contributed by atoms with E-state index < -0.39 is 16.6 Å². The van der Waals surface area contributed by atoms with Gasteiger partial charge in [-0.15, -0.1) is 0 Å². The number of nitrogens with zero attached hydrogens (tertiary/aromatic N) is 1. The number of rotatable bonds is 4. The van der Waals surface area contributed by atoms with Crippen molar-refractivity contribution in [1.82, 2.24) is 0 Å². The highest BCUT2D eigenvalue weighted by atomic mass is 19.1. The Hall–Kier alpha value is -2.50. The van der Waals surface area contributed by atoms with Gasteiger partial charge in [0.15, 0.2) is 0 Å². The Labute approximate surface area is 120 Å². The van der Waals surface area contributed by atoms with Crippen molar-refractivity contribution in [1.29, 1.82) is 0 Å². The van der Waals surface area contributed by atoms with Gasteiger partial charge in [0, 0.05) is 24.2 Å². The fourth-order valence-electron chi connectivity index (χ4n) is 1.94. The molecule has 0 heterocycles. The molecule has 1 N–H and O–H groups in total. The van der Waals surface area contributed by atoms with Gasteiger partial charge in [-0.2, -0.15) is 0 Å². The molecule has 0 saturated heterocycles. The lowest BCUT2D eigenvalue weighted by atomic mass is 10.1. The number of anilines is 1. The maximum Gasteiger partial charge on any atom is 0.272 e. The van der Waals surface area contributed by atoms with E-state index in [0.29, 0.717) is 11.1 Å². The number of nitro benzene ring substituents is 1. The third-order valence-electron chi connectivity index (χ3n) is 3.20. The van der Waals surface area contributed by atoms with Crippen molar-refractivity contribution in [2.75, 3.05) is 5.32 Å². The van der Waals surface area contributed by atoms with Crippen LogP contribution in [0.25, 0.3) is 0 Å². The topological polar surface area (TPSA) is 55.2 Å². The molecule has 0 spiro atoms. The van der Waals surface area contributed by atoms with Gasteiger partial charge in [-0.05, 0) is 31.0 Å². The van der Waals surface area contributed by atoms with Crippen LogP contribution in [-0.2, 0) is 6.54 Å². The van der Waals surface area contributed by atoms with Crippen molar-refractivity contribution in [2.45, 2.75) is 20.4 Å². The van der Waals surface area contributed by atoms with Crippen LogP contribution in [0.15, 0.2) is 30.3 Å². The average Bonchev–Trinajstić information content (AvgIpc) is 2.42. The maximum absolute atomic E-state index is 13.7. The molecule has 4 nitrogen and oxygen atoms in total. The highest BCUT2D eigenvalue weighted by molar-refractivity contribution is 5.49. The van der Waals surface area contributed by atoms with Crippen LogP contribution in [0, 0.1) is 35.6 Å². The molecule has 0 bridgehead atoms. The summed E-state index contributed by atoms with van der Waals surface area (Å²) in [5.74, 6) is -1.07. The van der Waals surface area contributed by atoms with E-state index in [9.17, 15) is 18.9 Å². The van der Waals surface area contributed by atoms with Crippen molar-refractivity contribution < 1.29 is 13.7 Å². The van der Waals surface area contributed by atoms with Gasteiger partial charge in [0.25, 0.3) is 5.69 Å². The number of halogens is 2. The first-order chi connectivity index (χ1) is 9.88. The molecule has 0 radical (unpaired) electrons. The van der Waals surface area contributed by atoms with Gasteiger partial charge in [-0.1, -0.05) is 12.1 Å². The summed E-state index contributed by atoms with van der Waals surface area (Å²) < 4.78 is 27.1. The SMILES string of the molecule is Cc1cc(F)c(NCc2ccc(C)c([N+](=O)[O-])c2)cc1F. The maximum atomic E-state index is 13.7. The molecule has 110 valence electrons. The third-order valence-corrected chi connectivity index (χ3v) is 3.20. The molecule has 0 aliphatic rings. The van der Waals surface area contributed by atoms with Crippen LogP contribution in [0.1, 0.15) is 16.7 Å². The summed E-state index contributed by atoms with van der Waals surface area (Å²) in [6, 6.07) is 6.94. The van der Waals surface area contributed by atoms with Crippen LogP contribution in [0.5, 0.6) is 0 Å². The lowest BCUT2D eigenvalue weighted by molar-refractivity contribution is -0.385. The Balaban J connectivity index is 2.19. The second-order valence-corrected chi connectivity index (χ2v) is 4.81. The summed E-state index contributed by atoms with van der Waals surface area (Å²) in [6.07, 6.45) is 0. The molecule has 2 aromatic rings. The van der Waals surface area contributed by atoms with Crippen LogP contribution < -0.4 is 5.32 Å². The molecule has 0 atom stereocenters. The van der Waals surface area contributed by atoms with E-state index >= 15 is 0 Å². The van der Waals surface area contributed by atoms with E-state index in [1.165, 1.54) is 13.0 Å². The molecular weight excluding hydrogens is 278 g/mol. The van der Waals surface area contributed by atoms with E-state index in [-0.39, 0.29) is 23.5 Å². The van der Waals surface area contributed by atoms with Gasteiger partial charge >= 0.3 is 0 Å². The molecule has 0 unspecified atom stereocenters. The quantitative estimate of drug-likeness (QED) is 0.681. The average molecular weight is 292 g/mol. The number of nitrogens with one attached hydrogen (secondary N) is 1. The second kappa shape index (κ2) is 5.87. The minimum Gasteiger partial charge on any atom is -0.379 e. The van der Waals surface area contributed by atoms with Crippen molar-refractivity contribution in [3.8, 4) is 0 Å². The predicted molar refractivity (Wildman–Crippen MR) is 76.3 cm³/mol. The fourth-order valence-corrected chi connectivity index (χ4v) is 1.94. The summed E-state index contributed by atoms with van der Waals surface area (Å²) in [6.45, 7) is 3.29. The zero-order chi connectivity index (χ0) is 15.6. The first kappa shape index (κ1) is 14.9. The number of hydrogen-bond donors (Lipinski definition) is 1. The van der Waals surface area contributed by atoms with E-state index in [4.69, 9.17) is 0 Å². The van der Waals surface area contributed by atoms with Gasteiger partial charge in [0.2, 0.25) is 0 Å². The van der Waals surface area contributed by atoms with Crippen LogP contribution in [0.4, 0.5) is 20.2 Å². The lowest BCUT2D eigenvalue weighted by Crippen LogP contribution is -2.04. The molecule has 2 aromatic carbocycles. The highest BCUT2D eigenvalue weighted by Crippen LogP contribution is 2.22. The Morgan fingerprint density at radius 3 is 2.48 bits per heavy atom. The second-order valence-electron chi connectivity index (χ2n) is 4.81. The summed E-state index contributed by atoms with van der Waals surface area (Å²) in [5, 5.41) is 13.6. The smallest absolute Gasteiger partial charge is 0.272 e. The Morgan fingerprint density at radius 2 is 1.81 bits per heavy atom. The molecule has 2 rings (SSSR count). The summed E-state index contributed by atoms with van der Waals surface area (Å²) in [7, 11) is 0. The Kier molecular flexibility index (Phi) is 4.16. The number of nitro groups is 1. The standard InChI is InChI=1S/C15H14F2N2O2/c1-9-3-4-11(6-15(9)19(20)21)8-18-14-7-12(16)10(2)5-13(14)17/h3-7,18H,8H2,1-2H3. The number of hydrogen-bond acceptors (Lipinski definition) is 3. The third kappa shape index (κ3) is 3.34. The molecule has 0 aromatic heterocycles. The first-order valence-electron chi connectivity index (χ1n) is 6.32. The minimum absolute atomic E-state index is 0.00450. The van der Waals surface area contributed by atoms with E-state index in [0.717, 1.165) is 12.1 Å². The largest absolute Gasteiger partial charge is 0.379 e. The van der Waals surface area contributed by atoms with Gasteiger partial charge in [0.05, 0.1) is 10.6 Å². The van der Waals surface area contributed by atoms with E-state index in [1.807, 2.05) is 0 Å². The molecule has 0 amide bonds. The van der Waals surface area contributed by atoms with Crippen molar-refractivity contribution in [3.05, 3.63) is 68.8 Å². The molecule has 0 saturated carbocycles. The van der Waals surface area contributed by atoms with Crippen molar-refractivity contribution in [3.63, 3.8) is 0 Å². The predicted octanol–water partition coefficient (Wildman–Crippen LogP) is 4.10. The molecule has 0 aliphatic carbocycles. The van der Waals surface area contributed by atoms with Gasteiger partial charge < -0.3 is 5.32 Å². The molecule has 6 heteroatoms. The molecule has 0 aliphatic heterocycles. The Bertz CT molecular complexity index is 702. The van der Waals surface area contributed by atoms with Crippen LogP contribution in [0.2, 0.25) is 0 Å². The van der Waals surface area contributed by atoms with Gasteiger partial charge in [-0.3, -0.25) is 10.1 Å². The summed E-state index contributed by atoms with van der Waals surface area (Å²) in [4.78, 5) is 10.4. The van der Waals surface area contributed by atoms with Crippen LogP contribution >= 0.6 is 0 Å². The van der Waals surface area contributed by atoms with Crippen LogP contribution in [0.3, 0.4) is 0 Å². The van der Waals surface area contributed by atoms with Crippen molar-refractivity contribution in [2.24, 2.45) is 0 Å². The van der Waals surface area contributed by atoms with E-state index in [2.05, 4.69) is 5.32 Å². The van der Waals surface area contributed by atoms with Gasteiger partial charge in [-0.25, -0.2) is 8.78 Å². The summed E-state index contributed by atoms with van der Waals surface area (Å²) in [5.41, 5.74) is 1.43. The number of benzene rings is 2. The van der Waals surface area contributed by atoms with E-state index in [1.54, 1.807) is 19.1 Å². The first-order valence-corrected chi connectivity index (χ1v) is 6.32. The summed E-state index contributed by atoms with van der Waals surface area (Å²) >= 11 is 0. The number of aryl methyl sites for hydroxylation is 2. The highest BCUT2D eigenvalue weighted by Gasteiger charge is 2.12. The normalized spacial score (nSPS) is 10.5. The monoisotopic (exact) mass is 292 g/mol. The Morgan fingerprint density at radius 1 is 1.10 bits per heavy atom. The van der Waals surface area contributed by atoms with Crippen molar-refractivity contribution >= 4 is 11.4 Å². The van der Waals surface area contributed by atoms with Gasteiger partial charge in [0.1, 0.15) is 11.6 Å². The molecular formula is C15H14F2N2O2. The zero-order valence-electron chi connectivity index (χ0n) is 11.6. The minimum atomic E-state index is -0.560.